The van der Waals surface area contributed by atoms with Gasteiger partial charge in [0.1, 0.15) is 17.9 Å². The predicted molar refractivity (Wildman–Crippen MR) is 107 cm³/mol. The van der Waals surface area contributed by atoms with E-state index in [1.807, 2.05) is 42.6 Å². The van der Waals surface area contributed by atoms with Crippen molar-refractivity contribution in [1.82, 2.24) is 0 Å². The molecule has 2 aromatic rings. The largest absolute Gasteiger partial charge is 0.461 e. The lowest BCUT2D eigenvalue weighted by Crippen LogP contribution is -2.97. The molecule has 2 heterocycles. The molecule has 0 aromatic heterocycles. The summed E-state index contributed by atoms with van der Waals surface area (Å²) < 4.78 is 5.31. The summed E-state index contributed by atoms with van der Waals surface area (Å²) in [6.07, 6.45) is 0. The second-order valence-corrected chi connectivity index (χ2v) is 7.96. The van der Waals surface area contributed by atoms with Crippen molar-refractivity contribution in [2.45, 2.75) is 32.4 Å². The normalized spacial score (nSPS) is 28.5. The molecule has 4 atom stereocenters. The number of nitrogens with zero attached hydrogens (tertiary/aromatic N) is 1. The Bertz CT molecular complexity index is 957. The van der Waals surface area contributed by atoms with Crippen LogP contribution in [0.15, 0.2) is 54.6 Å². The maximum Gasteiger partial charge on any atom is 0.368 e. The number of ether oxygens (including phenoxy) is 1. The highest BCUT2D eigenvalue weighted by molar-refractivity contribution is 6.23. The Hall–Kier alpha value is -2.99. The van der Waals surface area contributed by atoms with Gasteiger partial charge >= 0.3 is 5.97 Å². The zero-order valence-electron chi connectivity index (χ0n) is 16.8. The van der Waals surface area contributed by atoms with Crippen molar-refractivity contribution in [2.75, 3.05) is 11.5 Å². The number of fused-ring (bicyclic) bond motifs is 1. The van der Waals surface area contributed by atoms with Crippen molar-refractivity contribution >= 4 is 23.5 Å². The summed E-state index contributed by atoms with van der Waals surface area (Å²) in [6.45, 7) is 5.67. The maximum atomic E-state index is 13.4. The molecule has 2 aliphatic rings. The van der Waals surface area contributed by atoms with Gasteiger partial charge in [0, 0.05) is 12.5 Å². The standard InChI is InChI=1S/C23H24N2O4/c1-4-29-22(28)23(3)18-17(19(24-23)15-12-10-14(2)11-13-15)20(26)25(21(18)27)16-8-6-5-7-9-16/h5-13,17-19,24H,4H2,1-3H3/p+1/t17-,18-,19-,23-/m0/s1. The third-order valence-electron chi connectivity index (χ3n) is 6.10. The van der Waals surface area contributed by atoms with Gasteiger partial charge in [0.25, 0.3) is 0 Å². The molecule has 6 heteroatoms. The van der Waals surface area contributed by atoms with E-state index in [1.165, 1.54) is 4.90 Å². The molecule has 0 saturated carbocycles. The van der Waals surface area contributed by atoms with Crippen molar-refractivity contribution in [1.29, 1.82) is 0 Å². The number of imide groups is 1. The van der Waals surface area contributed by atoms with Crippen LogP contribution < -0.4 is 10.2 Å². The van der Waals surface area contributed by atoms with Crippen LogP contribution in [0.4, 0.5) is 5.69 Å². The van der Waals surface area contributed by atoms with Crippen LogP contribution in [0, 0.1) is 18.8 Å². The van der Waals surface area contributed by atoms with Gasteiger partial charge in [-0.2, -0.15) is 0 Å². The highest BCUT2D eigenvalue weighted by atomic mass is 16.5. The highest BCUT2D eigenvalue weighted by Gasteiger charge is 2.70. The number of rotatable bonds is 4. The Kier molecular flexibility index (Phi) is 4.74. The molecule has 0 spiro atoms. The van der Waals surface area contributed by atoms with Crippen LogP contribution in [-0.4, -0.2) is 29.9 Å². The van der Waals surface area contributed by atoms with Gasteiger partial charge in [-0.3, -0.25) is 9.59 Å². The number of para-hydroxylation sites is 1. The van der Waals surface area contributed by atoms with E-state index >= 15 is 0 Å². The molecule has 150 valence electrons. The van der Waals surface area contributed by atoms with E-state index in [4.69, 9.17) is 4.74 Å². The smallest absolute Gasteiger partial charge is 0.368 e. The number of amides is 2. The molecule has 2 aromatic carbocycles. The van der Waals surface area contributed by atoms with Gasteiger partial charge in [-0.05, 0) is 26.0 Å². The van der Waals surface area contributed by atoms with Gasteiger partial charge in [0.05, 0.1) is 12.3 Å². The van der Waals surface area contributed by atoms with Crippen molar-refractivity contribution in [3.8, 4) is 0 Å². The Balaban J connectivity index is 1.81. The molecule has 4 rings (SSSR count). The lowest BCUT2D eigenvalue weighted by Gasteiger charge is -2.26. The molecule has 2 fully saturated rings. The fourth-order valence-corrected chi connectivity index (χ4v) is 4.67. The van der Waals surface area contributed by atoms with Crippen LogP contribution in [0.3, 0.4) is 0 Å². The third kappa shape index (κ3) is 2.95. The van der Waals surface area contributed by atoms with E-state index in [0.29, 0.717) is 5.69 Å². The number of nitrogens with two attached hydrogens (primary N) is 1. The first kappa shape index (κ1) is 19.3. The summed E-state index contributed by atoms with van der Waals surface area (Å²) in [7, 11) is 0. The van der Waals surface area contributed by atoms with Crippen LogP contribution in [-0.2, 0) is 19.1 Å². The quantitative estimate of drug-likeness (QED) is 0.634. The molecule has 2 N–H and O–H groups in total. The summed E-state index contributed by atoms with van der Waals surface area (Å²) >= 11 is 0. The molecule has 2 amide bonds. The van der Waals surface area contributed by atoms with Crippen LogP contribution in [0.25, 0.3) is 0 Å². The first-order valence-corrected chi connectivity index (χ1v) is 9.91. The van der Waals surface area contributed by atoms with Crippen molar-refractivity contribution < 1.29 is 24.4 Å². The van der Waals surface area contributed by atoms with E-state index in [0.717, 1.165) is 11.1 Å². The average Bonchev–Trinajstić information content (AvgIpc) is 3.17. The number of esters is 1. The van der Waals surface area contributed by atoms with Gasteiger partial charge in [-0.15, -0.1) is 0 Å². The SMILES string of the molecule is CCOC(=O)[C@@]1(C)[NH2+][C@@H](c2ccc(C)cc2)[C@H]2C(=O)N(c3ccccc3)C(=O)[C@H]21. The maximum absolute atomic E-state index is 13.4. The molecule has 0 unspecified atom stereocenters. The predicted octanol–water partition coefficient (Wildman–Crippen LogP) is 1.74. The minimum atomic E-state index is -1.16. The third-order valence-corrected chi connectivity index (χ3v) is 6.10. The molecule has 2 aliphatic heterocycles. The number of carbonyl (C=O) groups is 3. The molecule has 29 heavy (non-hydrogen) atoms. The number of quaternary nitrogens is 1. The highest BCUT2D eigenvalue weighted by Crippen LogP contribution is 2.45. The number of anilines is 1. The van der Waals surface area contributed by atoms with Crippen molar-refractivity contribution in [3.05, 3.63) is 65.7 Å². The van der Waals surface area contributed by atoms with Crippen LogP contribution >= 0.6 is 0 Å². The molecule has 0 bridgehead atoms. The Morgan fingerprint density at radius 3 is 2.34 bits per heavy atom. The minimum Gasteiger partial charge on any atom is -0.461 e. The average molecular weight is 393 g/mol. The number of hydrogen-bond donors (Lipinski definition) is 1. The van der Waals surface area contributed by atoms with Gasteiger partial charge in [0.15, 0.2) is 0 Å². The molecule has 2 saturated heterocycles. The monoisotopic (exact) mass is 393 g/mol. The molecule has 0 aliphatic carbocycles. The Morgan fingerprint density at radius 2 is 1.72 bits per heavy atom. The second kappa shape index (κ2) is 7.12. The van der Waals surface area contributed by atoms with E-state index in [2.05, 4.69) is 0 Å². The summed E-state index contributed by atoms with van der Waals surface area (Å²) in [6, 6.07) is 16.5. The number of carbonyl (C=O) groups excluding carboxylic acids is 3. The van der Waals surface area contributed by atoms with Crippen molar-refractivity contribution in [2.24, 2.45) is 11.8 Å². The van der Waals surface area contributed by atoms with Crippen LogP contribution in [0.2, 0.25) is 0 Å². The van der Waals surface area contributed by atoms with Gasteiger partial charge in [0.2, 0.25) is 17.4 Å². The van der Waals surface area contributed by atoms with E-state index in [-0.39, 0.29) is 24.5 Å². The summed E-state index contributed by atoms with van der Waals surface area (Å²) in [5.41, 5.74) is 1.41. The number of aryl methyl sites for hydroxylation is 1. The zero-order valence-corrected chi connectivity index (χ0v) is 16.8. The minimum absolute atomic E-state index is 0.222. The van der Waals surface area contributed by atoms with E-state index in [9.17, 15) is 14.4 Å². The number of hydrogen-bond acceptors (Lipinski definition) is 4. The summed E-state index contributed by atoms with van der Waals surface area (Å²) in [4.78, 5) is 41.0. The van der Waals surface area contributed by atoms with Crippen molar-refractivity contribution in [3.63, 3.8) is 0 Å². The Labute approximate surface area is 169 Å². The number of benzene rings is 2. The van der Waals surface area contributed by atoms with Gasteiger partial charge < -0.3 is 10.1 Å². The first-order valence-electron chi connectivity index (χ1n) is 9.91. The summed E-state index contributed by atoms with van der Waals surface area (Å²) in [5, 5.41) is 1.85. The van der Waals surface area contributed by atoms with Crippen LogP contribution in [0.5, 0.6) is 0 Å². The Morgan fingerprint density at radius 1 is 1.07 bits per heavy atom. The molecular formula is C23H25N2O4+. The second-order valence-electron chi connectivity index (χ2n) is 7.96. The first-order chi connectivity index (χ1) is 13.9. The topological polar surface area (TPSA) is 80.3 Å². The summed E-state index contributed by atoms with van der Waals surface area (Å²) in [5.74, 6) is -2.46. The van der Waals surface area contributed by atoms with Gasteiger partial charge in [-0.25, -0.2) is 9.69 Å². The lowest BCUT2D eigenvalue weighted by atomic mass is 9.80. The molecule has 6 nitrogen and oxygen atoms in total. The fraction of sp³-hybridized carbons (Fsp3) is 0.348. The van der Waals surface area contributed by atoms with E-state index in [1.54, 1.807) is 38.1 Å². The fourth-order valence-electron chi connectivity index (χ4n) is 4.67. The molecular weight excluding hydrogens is 368 g/mol. The lowest BCUT2D eigenvalue weighted by molar-refractivity contribution is -0.731. The van der Waals surface area contributed by atoms with Gasteiger partial charge in [-0.1, -0.05) is 48.0 Å². The van der Waals surface area contributed by atoms with E-state index < -0.39 is 23.3 Å². The zero-order chi connectivity index (χ0) is 20.8. The molecule has 0 radical (unpaired) electrons. The van der Waals surface area contributed by atoms with Crippen LogP contribution in [0.1, 0.15) is 31.0 Å².